The lowest BCUT2D eigenvalue weighted by Gasteiger charge is -2.39. The molecule has 206 valence electrons. The van der Waals surface area contributed by atoms with Crippen LogP contribution in [0.2, 0.25) is 18.6 Å². The molecule has 0 radical (unpaired) electrons. The lowest BCUT2D eigenvalue weighted by Crippen LogP contribution is -2.55. The average Bonchev–Trinajstić information content (AvgIpc) is 3.48. The lowest BCUT2D eigenvalue weighted by molar-refractivity contribution is -0.154. The van der Waals surface area contributed by atoms with Crippen molar-refractivity contribution in [3.05, 3.63) is 23.8 Å². The third-order valence-corrected chi connectivity index (χ3v) is 10.9. The van der Waals surface area contributed by atoms with E-state index in [4.69, 9.17) is 9.47 Å². The molecule has 3 amide bonds. The zero-order valence-corrected chi connectivity index (χ0v) is 23.0. The van der Waals surface area contributed by atoms with Gasteiger partial charge in [0.2, 0.25) is 20.2 Å². The zero-order chi connectivity index (χ0) is 27.6. The van der Waals surface area contributed by atoms with Crippen molar-refractivity contribution >= 4 is 43.5 Å². The molecule has 0 aromatic heterocycles. The Kier molecular flexibility index (Phi) is 6.63. The molecule has 0 bridgehead atoms. The first kappa shape index (κ1) is 26.8. The highest BCUT2D eigenvalue weighted by Crippen LogP contribution is 2.59. The first-order valence-corrected chi connectivity index (χ1v) is 16.1. The molecule has 4 aliphatic heterocycles. The van der Waals surface area contributed by atoms with Crippen LogP contribution in [-0.4, -0.2) is 73.6 Å². The summed E-state index contributed by atoms with van der Waals surface area (Å²) in [6.45, 7) is 6.57. The van der Waals surface area contributed by atoms with E-state index in [1.807, 2.05) is 0 Å². The molecular weight excluding hydrogens is 513 g/mol. The molecule has 4 aliphatic rings. The van der Waals surface area contributed by atoms with Crippen molar-refractivity contribution < 1.29 is 37.9 Å². The van der Waals surface area contributed by atoms with Crippen molar-refractivity contribution in [2.24, 2.45) is 5.92 Å². The van der Waals surface area contributed by atoms with E-state index in [1.54, 1.807) is 43.1 Å². The number of benzene rings is 1. The molecule has 10 nitrogen and oxygen atoms in total. The Labute approximate surface area is 221 Å². The van der Waals surface area contributed by atoms with Crippen molar-refractivity contribution in [3.63, 3.8) is 0 Å². The molecule has 5 rings (SSSR count). The van der Waals surface area contributed by atoms with E-state index >= 15 is 4.11 Å². The fourth-order valence-electron chi connectivity index (χ4n) is 6.83. The second-order valence-electron chi connectivity index (χ2n) is 11.3. The van der Waals surface area contributed by atoms with E-state index in [0.717, 1.165) is 6.42 Å². The van der Waals surface area contributed by atoms with Gasteiger partial charge in [-0.25, -0.2) is 0 Å². The summed E-state index contributed by atoms with van der Waals surface area (Å²) in [5, 5.41) is 12.5. The minimum atomic E-state index is -3.45. The fraction of sp³-hybridized carbons (Fsp3) is 0.615. The number of likely N-dealkylation sites (tertiary alicyclic amines) is 1. The van der Waals surface area contributed by atoms with E-state index in [2.05, 4.69) is 5.32 Å². The van der Waals surface area contributed by atoms with Gasteiger partial charge in [-0.3, -0.25) is 24.1 Å². The summed E-state index contributed by atoms with van der Waals surface area (Å²) in [6, 6.07) is 4.71. The lowest BCUT2D eigenvalue weighted by atomic mass is 9.82. The summed E-state index contributed by atoms with van der Waals surface area (Å²) in [4.78, 5) is 53.7. The molecule has 3 fully saturated rings. The molecule has 2 N–H and O–H groups in total. The van der Waals surface area contributed by atoms with Gasteiger partial charge in [0.1, 0.15) is 0 Å². The van der Waals surface area contributed by atoms with Gasteiger partial charge in [0.05, 0.1) is 31.6 Å². The SMILES string of the molecule is CC(=O)OC1CC(=O)N1c1ccc2c(c1)[C@]1(O[C@@H](CC(=O)N3CCC[C@H]3CO)[C@H]([Si](C)(C)F)[C@H]1C)C(=O)N2. The number of carbonyl (C=O) groups excluding carboxylic acids is 4. The predicted octanol–water partition coefficient (Wildman–Crippen LogP) is 2.41. The Hall–Kier alpha value is -2.83. The highest BCUT2D eigenvalue weighted by molar-refractivity contribution is 6.72. The third kappa shape index (κ3) is 4.13. The maximum atomic E-state index is 15.9. The minimum Gasteiger partial charge on any atom is -0.441 e. The third-order valence-electron chi connectivity index (χ3n) is 8.47. The number of anilines is 2. The Bertz CT molecular complexity index is 1190. The molecule has 1 aromatic carbocycles. The number of β-lactam (4-membered cyclic amide) rings is 1. The van der Waals surface area contributed by atoms with Crippen molar-refractivity contribution in [1.29, 1.82) is 0 Å². The quantitative estimate of drug-likeness (QED) is 0.243. The summed E-state index contributed by atoms with van der Waals surface area (Å²) < 4.78 is 27.6. The second-order valence-corrected chi connectivity index (χ2v) is 15.1. The van der Waals surface area contributed by atoms with Crippen molar-refractivity contribution in [1.82, 2.24) is 4.90 Å². The number of fused-ring (bicyclic) bond motifs is 2. The van der Waals surface area contributed by atoms with Gasteiger partial charge >= 0.3 is 5.97 Å². The second kappa shape index (κ2) is 9.42. The Morgan fingerprint density at radius 2 is 2.05 bits per heavy atom. The number of nitrogens with zero attached hydrogens (tertiary/aromatic N) is 2. The fourth-order valence-corrected chi connectivity index (χ4v) is 9.32. The molecule has 12 heteroatoms. The van der Waals surface area contributed by atoms with Crippen LogP contribution in [0.5, 0.6) is 0 Å². The van der Waals surface area contributed by atoms with E-state index in [0.29, 0.717) is 29.9 Å². The molecule has 0 saturated carbocycles. The number of ether oxygens (including phenoxy) is 2. The van der Waals surface area contributed by atoms with Crippen molar-refractivity contribution in [2.75, 3.05) is 23.4 Å². The van der Waals surface area contributed by atoms with Crippen LogP contribution in [0.3, 0.4) is 0 Å². The maximum absolute atomic E-state index is 15.9. The maximum Gasteiger partial charge on any atom is 0.304 e. The number of amides is 3. The zero-order valence-electron chi connectivity index (χ0n) is 22.0. The normalized spacial score (nSPS) is 32.4. The molecule has 1 spiro atoms. The number of rotatable bonds is 6. The number of hydrogen-bond donors (Lipinski definition) is 2. The number of hydrogen-bond acceptors (Lipinski definition) is 7. The monoisotopic (exact) mass is 547 g/mol. The molecule has 0 aliphatic carbocycles. The molecule has 3 saturated heterocycles. The Morgan fingerprint density at radius 3 is 2.68 bits per heavy atom. The smallest absolute Gasteiger partial charge is 0.304 e. The van der Waals surface area contributed by atoms with Crippen LogP contribution in [0, 0.1) is 5.92 Å². The number of halogens is 1. The summed E-state index contributed by atoms with van der Waals surface area (Å²) in [7, 11) is -3.45. The van der Waals surface area contributed by atoms with Crippen molar-refractivity contribution in [2.45, 2.75) is 82.1 Å². The first-order chi connectivity index (χ1) is 17.9. The number of aliphatic hydroxyl groups excluding tert-OH is 1. The number of aliphatic hydroxyl groups is 1. The topological polar surface area (TPSA) is 125 Å². The molecule has 6 atom stereocenters. The van der Waals surface area contributed by atoms with Gasteiger partial charge in [0.25, 0.3) is 5.91 Å². The van der Waals surface area contributed by atoms with Crippen molar-refractivity contribution in [3.8, 4) is 0 Å². The van der Waals surface area contributed by atoms with Crippen LogP contribution in [0.25, 0.3) is 0 Å². The van der Waals surface area contributed by atoms with E-state index in [9.17, 15) is 24.3 Å². The van der Waals surface area contributed by atoms with Crippen LogP contribution in [0.1, 0.15) is 45.1 Å². The van der Waals surface area contributed by atoms with E-state index in [-0.39, 0.29) is 37.3 Å². The van der Waals surface area contributed by atoms with Crippen LogP contribution in [0.4, 0.5) is 15.5 Å². The van der Waals surface area contributed by atoms with Gasteiger partial charge in [-0.05, 0) is 44.1 Å². The van der Waals surface area contributed by atoms with E-state index in [1.165, 1.54) is 11.8 Å². The standard InChI is InChI=1S/C26H34FN3O7Si/c1-14-24(38(3,4)27)20(11-21(33)29-9-5-6-17(29)13-31)37-26(14)18-10-16(7-8-19(18)28-25(26)35)30-22(34)12-23(30)36-15(2)32/h7-8,10,14,17,20,23-24,31H,5-6,9,11-13H2,1-4H3,(H,28,35)/t14-,17+,20+,23?,24-,26+/m1/s1. The highest BCUT2D eigenvalue weighted by Gasteiger charge is 2.65. The van der Waals surface area contributed by atoms with E-state index < -0.39 is 49.7 Å². The van der Waals surface area contributed by atoms with Gasteiger partial charge in [-0.2, -0.15) is 0 Å². The number of carbonyl (C=O) groups is 4. The van der Waals surface area contributed by atoms with Gasteiger partial charge in [-0.1, -0.05) is 6.92 Å². The number of nitrogens with one attached hydrogen (secondary N) is 1. The molecule has 4 heterocycles. The average molecular weight is 548 g/mol. The molecule has 1 unspecified atom stereocenters. The van der Waals surface area contributed by atoms with Gasteiger partial charge in [0.15, 0.2) is 11.8 Å². The molecule has 38 heavy (non-hydrogen) atoms. The molecule has 1 aromatic rings. The van der Waals surface area contributed by atoms with Crippen LogP contribution >= 0.6 is 0 Å². The van der Waals surface area contributed by atoms with Crippen LogP contribution in [-0.2, 0) is 34.3 Å². The minimum absolute atomic E-state index is 0.0606. The highest BCUT2D eigenvalue weighted by atomic mass is 28.4. The number of esters is 1. The van der Waals surface area contributed by atoms with Gasteiger partial charge < -0.3 is 28.9 Å². The summed E-state index contributed by atoms with van der Waals surface area (Å²) >= 11 is 0. The van der Waals surface area contributed by atoms with Crippen LogP contribution in [0.15, 0.2) is 18.2 Å². The summed E-state index contributed by atoms with van der Waals surface area (Å²) in [6.07, 6.45) is -0.0962. The van der Waals surface area contributed by atoms with Crippen LogP contribution < -0.4 is 10.2 Å². The Morgan fingerprint density at radius 1 is 1.32 bits per heavy atom. The first-order valence-electron chi connectivity index (χ1n) is 13.1. The summed E-state index contributed by atoms with van der Waals surface area (Å²) in [5.74, 6) is -1.99. The van der Waals surface area contributed by atoms with Gasteiger partial charge in [0, 0.05) is 41.9 Å². The predicted molar refractivity (Wildman–Crippen MR) is 137 cm³/mol. The molecular formula is C26H34FN3O7Si. The Balaban J connectivity index is 1.50. The van der Waals surface area contributed by atoms with Gasteiger partial charge in [-0.15, -0.1) is 0 Å². The largest absolute Gasteiger partial charge is 0.441 e. The summed E-state index contributed by atoms with van der Waals surface area (Å²) in [5.41, 5.74) is -0.785.